The molecule has 1 fully saturated rings. The van der Waals surface area contributed by atoms with Crippen molar-refractivity contribution in [1.29, 1.82) is 0 Å². The Balaban J connectivity index is 1.67. The highest BCUT2D eigenvalue weighted by Gasteiger charge is 2.34. The standard InChI is InChI=1S/C19H22N2O5/c1-3-16(22)21-9-5-6-12(10-21)19(24)20-14-11-26-18-13(17(14)23)7-4-8-15(18)25-2/h3-4,7-8,12,14H,1,5-6,9-11H2,2H3,(H,20,24). The average Bonchev–Trinajstić information content (AvgIpc) is 2.69. The van der Waals surface area contributed by atoms with Crippen molar-refractivity contribution in [3.63, 3.8) is 0 Å². The van der Waals surface area contributed by atoms with Crippen molar-refractivity contribution in [3.05, 3.63) is 36.4 Å². The number of likely N-dealkylation sites (tertiary alicyclic amines) is 1. The van der Waals surface area contributed by atoms with Crippen molar-refractivity contribution in [2.75, 3.05) is 26.8 Å². The summed E-state index contributed by atoms with van der Waals surface area (Å²) in [6.07, 6.45) is 2.68. The predicted molar refractivity (Wildman–Crippen MR) is 94.3 cm³/mol. The summed E-state index contributed by atoms with van der Waals surface area (Å²) in [5, 5.41) is 2.78. The lowest BCUT2D eigenvalue weighted by molar-refractivity contribution is -0.132. The number of fused-ring (bicyclic) bond motifs is 1. The highest BCUT2D eigenvalue weighted by atomic mass is 16.5. The summed E-state index contributed by atoms with van der Waals surface area (Å²) < 4.78 is 10.9. The van der Waals surface area contributed by atoms with Gasteiger partial charge in [-0.15, -0.1) is 0 Å². The van der Waals surface area contributed by atoms with Crippen molar-refractivity contribution in [2.24, 2.45) is 5.92 Å². The molecule has 26 heavy (non-hydrogen) atoms. The van der Waals surface area contributed by atoms with Crippen LogP contribution in [-0.4, -0.2) is 55.3 Å². The second kappa shape index (κ2) is 7.59. The number of methoxy groups -OCH3 is 1. The molecule has 7 nitrogen and oxygen atoms in total. The van der Waals surface area contributed by atoms with E-state index in [1.54, 1.807) is 23.1 Å². The van der Waals surface area contributed by atoms with E-state index in [9.17, 15) is 14.4 Å². The van der Waals surface area contributed by atoms with Crippen LogP contribution in [0.4, 0.5) is 0 Å². The van der Waals surface area contributed by atoms with Crippen molar-refractivity contribution in [1.82, 2.24) is 10.2 Å². The van der Waals surface area contributed by atoms with Crippen molar-refractivity contribution in [3.8, 4) is 11.5 Å². The minimum atomic E-state index is -0.743. The molecule has 0 radical (unpaired) electrons. The van der Waals surface area contributed by atoms with E-state index in [1.165, 1.54) is 13.2 Å². The van der Waals surface area contributed by atoms with Crippen LogP contribution in [0.15, 0.2) is 30.9 Å². The average molecular weight is 358 g/mol. The third kappa shape index (κ3) is 3.42. The smallest absolute Gasteiger partial charge is 0.245 e. The number of carbonyl (C=O) groups excluding carboxylic acids is 3. The first kappa shape index (κ1) is 18.0. The van der Waals surface area contributed by atoms with E-state index in [2.05, 4.69) is 11.9 Å². The number of rotatable bonds is 4. The van der Waals surface area contributed by atoms with Gasteiger partial charge in [-0.05, 0) is 31.1 Å². The fourth-order valence-corrected chi connectivity index (χ4v) is 3.37. The zero-order chi connectivity index (χ0) is 18.7. The molecule has 1 aromatic carbocycles. The molecule has 1 N–H and O–H groups in total. The Bertz CT molecular complexity index is 745. The molecule has 1 saturated heterocycles. The van der Waals surface area contributed by atoms with Gasteiger partial charge in [-0.3, -0.25) is 14.4 Å². The van der Waals surface area contributed by atoms with E-state index < -0.39 is 6.04 Å². The van der Waals surface area contributed by atoms with Crippen LogP contribution < -0.4 is 14.8 Å². The van der Waals surface area contributed by atoms with E-state index in [0.29, 0.717) is 36.6 Å². The summed E-state index contributed by atoms with van der Waals surface area (Å²) in [5.41, 5.74) is 0.396. The maximum absolute atomic E-state index is 12.7. The first-order chi connectivity index (χ1) is 12.5. The second-order valence-corrected chi connectivity index (χ2v) is 6.40. The Kier molecular flexibility index (Phi) is 5.25. The van der Waals surface area contributed by atoms with Crippen LogP contribution in [0.5, 0.6) is 11.5 Å². The summed E-state index contributed by atoms with van der Waals surface area (Å²) in [7, 11) is 1.51. The first-order valence-electron chi connectivity index (χ1n) is 8.61. The number of amides is 2. The quantitative estimate of drug-likeness (QED) is 0.817. The molecule has 0 spiro atoms. The van der Waals surface area contributed by atoms with Crippen molar-refractivity contribution in [2.45, 2.75) is 18.9 Å². The van der Waals surface area contributed by atoms with Gasteiger partial charge in [-0.2, -0.15) is 0 Å². The number of hydrogen-bond donors (Lipinski definition) is 1. The van der Waals surface area contributed by atoms with Gasteiger partial charge in [0.05, 0.1) is 18.6 Å². The van der Waals surface area contributed by atoms with Crippen LogP contribution in [-0.2, 0) is 9.59 Å². The van der Waals surface area contributed by atoms with Gasteiger partial charge in [0, 0.05) is 13.1 Å². The van der Waals surface area contributed by atoms with Crippen LogP contribution in [0.3, 0.4) is 0 Å². The summed E-state index contributed by atoms with van der Waals surface area (Å²) in [6.45, 7) is 4.49. The maximum Gasteiger partial charge on any atom is 0.245 e. The maximum atomic E-state index is 12.7. The summed E-state index contributed by atoms with van der Waals surface area (Å²) in [6, 6.07) is 4.35. The molecule has 0 aromatic heterocycles. The van der Waals surface area contributed by atoms with Gasteiger partial charge in [0.2, 0.25) is 11.8 Å². The molecule has 2 unspecified atom stereocenters. The van der Waals surface area contributed by atoms with Crippen LogP contribution in [0.25, 0.3) is 0 Å². The van der Waals surface area contributed by atoms with E-state index in [-0.39, 0.29) is 30.1 Å². The third-order valence-corrected chi connectivity index (χ3v) is 4.77. The lowest BCUT2D eigenvalue weighted by atomic mass is 9.95. The number of nitrogens with one attached hydrogen (secondary N) is 1. The number of piperidine rings is 1. The Morgan fingerprint density at radius 3 is 2.96 bits per heavy atom. The second-order valence-electron chi connectivity index (χ2n) is 6.40. The Hall–Kier alpha value is -2.83. The minimum absolute atomic E-state index is 0.0555. The summed E-state index contributed by atoms with van der Waals surface area (Å²) >= 11 is 0. The number of Topliss-reactive ketones (excluding diaryl/α,β-unsaturated/α-hetero) is 1. The molecule has 1 aromatic rings. The highest BCUT2D eigenvalue weighted by Crippen LogP contribution is 2.34. The molecule has 138 valence electrons. The fraction of sp³-hybridized carbons (Fsp3) is 0.421. The molecule has 2 aliphatic heterocycles. The first-order valence-corrected chi connectivity index (χ1v) is 8.61. The SMILES string of the molecule is C=CC(=O)N1CCCC(C(=O)NC2COc3c(OC)cccc3C2=O)C1. The molecule has 2 atom stereocenters. The predicted octanol–water partition coefficient (Wildman–Crippen LogP) is 1.18. The van der Waals surface area contributed by atoms with Gasteiger partial charge >= 0.3 is 0 Å². The van der Waals surface area contributed by atoms with Gasteiger partial charge < -0.3 is 19.7 Å². The number of hydrogen-bond acceptors (Lipinski definition) is 5. The van der Waals surface area contributed by atoms with Crippen LogP contribution in [0, 0.1) is 5.92 Å². The van der Waals surface area contributed by atoms with Crippen molar-refractivity contribution >= 4 is 17.6 Å². The van der Waals surface area contributed by atoms with Crippen LogP contribution in [0.1, 0.15) is 23.2 Å². The van der Waals surface area contributed by atoms with Crippen molar-refractivity contribution < 1.29 is 23.9 Å². The lowest BCUT2D eigenvalue weighted by Gasteiger charge is -2.33. The topological polar surface area (TPSA) is 84.9 Å². The molecule has 2 aliphatic rings. The molecular formula is C19H22N2O5. The monoisotopic (exact) mass is 358 g/mol. The van der Waals surface area contributed by atoms with Gasteiger partial charge in [0.1, 0.15) is 12.6 Å². The molecule has 3 rings (SSSR count). The number of ketones is 1. The Morgan fingerprint density at radius 2 is 2.23 bits per heavy atom. The van der Waals surface area contributed by atoms with Gasteiger partial charge in [-0.1, -0.05) is 12.6 Å². The molecule has 0 aliphatic carbocycles. The zero-order valence-electron chi connectivity index (χ0n) is 14.7. The molecular weight excluding hydrogens is 336 g/mol. The molecule has 0 saturated carbocycles. The third-order valence-electron chi connectivity index (χ3n) is 4.77. The number of para-hydroxylation sites is 1. The molecule has 2 amide bonds. The molecule has 2 heterocycles. The Labute approximate surface area is 151 Å². The number of nitrogens with zero attached hydrogens (tertiary/aromatic N) is 1. The summed E-state index contributed by atoms with van der Waals surface area (Å²) in [4.78, 5) is 38.7. The fourth-order valence-electron chi connectivity index (χ4n) is 3.37. The molecule has 0 bridgehead atoms. The van der Waals surface area contributed by atoms with E-state index in [0.717, 1.165) is 6.42 Å². The number of carbonyl (C=O) groups is 3. The normalized spacial score (nSPS) is 22.0. The summed E-state index contributed by atoms with van der Waals surface area (Å²) in [5.74, 6) is -0.0571. The number of ether oxygens (including phenoxy) is 2. The van der Waals surface area contributed by atoms with Crippen LogP contribution >= 0.6 is 0 Å². The van der Waals surface area contributed by atoms with Gasteiger partial charge in [-0.25, -0.2) is 0 Å². The van der Waals surface area contributed by atoms with Gasteiger partial charge in [0.25, 0.3) is 0 Å². The largest absolute Gasteiger partial charge is 0.493 e. The molecule has 7 heteroatoms. The van der Waals surface area contributed by atoms with Crippen LogP contribution in [0.2, 0.25) is 0 Å². The van der Waals surface area contributed by atoms with E-state index >= 15 is 0 Å². The number of benzene rings is 1. The highest BCUT2D eigenvalue weighted by molar-refractivity contribution is 6.05. The minimum Gasteiger partial charge on any atom is -0.493 e. The van der Waals surface area contributed by atoms with E-state index in [1.807, 2.05) is 0 Å². The lowest BCUT2D eigenvalue weighted by Crippen LogP contribution is -2.52. The zero-order valence-corrected chi connectivity index (χ0v) is 14.7. The van der Waals surface area contributed by atoms with Gasteiger partial charge in [0.15, 0.2) is 17.3 Å². The Morgan fingerprint density at radius 1 is 1.42 bits per heavy atom. The van der Waals surface area contributed by atoms with E-state index in [4.69, 9.17) is 9.47 Å².